The van der Waals surface area contributed by atoms with Crippen molar-refractivity contribution in [3.05, 3.63) is 53.8 Å². The van der Waals surface area contributed by atoms with Crippen molar-refractivity contribution in [2.24, 2.45) is 0 Å². The normalized spacial score (nSPS) is 16.1. The lowest BCUT2D eigenvalue weighted by atomic mass is 10.1. The molecule has 1 atom stereocenters. The van der Waals surface area contributed by atoms with Gasteiger partial charge in [-0.15, -0.1) is 0 Å². The number of hydrogen-bond donors (Lipinski definition) is 1. The van der Waals surface area contributed by atoms with Crippen LogP contribution in [0, 0.1) is 12.7 Å². The molecular weight excluding hydrogens is 387 g/mol. The third kappa shape index (κ3) is 4.72. The highest BCUT2D eigenvalue weighted by molar-refractivity contribution is 7.92. The van der Waals surface area contributed by atoms with Crippen molar-refractivity contribution in [2.45, 2.75) is 13.0 Å². The molecule has 0 saturated heterocycles. The molecule has 0 spiro atoms. The number of aryl methyl sites for hydroxylation is 1. The van der Waals surface area contributed by atoms with Gasteiger partial charge in [0.15, 0.2) is 6.10 Å². The zero-order valence-electron chi connectivity index (χ0n) is 15.5. The smallest absolute Gasteiger partial charge is 0.263 e. The molecule has 0 radical (unpaired) electrons. The van der Waals surface area contributed by atoms with Crippen molar-refractivity contribution in [1.29, 1.82) is 0 Å². The summed E-state index contributed by atoms with van der Waals surface area (Å²) in [6, 6.07) is 10.7. The molecule has 1 aliphatic heterocycles. The molecule has 1 amide bonds. The minimum atomic E-state index is -3.57. The Balaban J connectivity index is 1.61. The van der Waals surface area contributed by atoms with Crippen LogP contribution in [0.1, 0.15) is 5.56 Å². The van der Waals surface area contributed by atoms with E-state index in [1.54, 1.807) is 18.2 Å². The highest BCUT2D eigenvalue weighted by atomic mass is 32.2. The SMILES string of the molecule is Cc1ccc2c(c1)N(S(C)(=O)=O)C[C@@H](C(=O)NCCOc1ccc(F)cc1)O2. The van der Waals surface area contributed by atoms with E-state index in [9.17, 15) is 17.6 Å². The summed E-state index contributed by atoms with van der Waals surface area (Å²) in [7, 11) is -3.57. The van der Waals surface area contributed by atoms with Gasteiger partial charge in [0, 0.05) is 0 Å². The van der Waals surface area contributed by atoms with Crippen LogP contribution in [0.3, 0.4) is 0 Å². The number of benzene rings is 2. The fraction of sp³-hybridized carbons (Fsp3) is 0.316. The van der Waals surface area contributed by atoms with E-state index in [0.29, 0.717) is 17.2 Å². The molecule has 150 valence electrons. The number of rotatable bonds is 6. The Morgan fingerprint density at radius 3 is 2.68 bits per heavy atom. The van der Waals surface area contributed by atoms with E-state index in [-0.39, 0.29) is 25.5 Å². The Labute approximate surface area is 163 Å². The van der Waals surface area contributed by atoms with Gasteiger partial charge >= 0.3 is 0 Å². The second-order valence-electron chi connectivity index (χ2n) is 6.47. The maximum absolute atomic E-state index is 12.9. The number of ether oxygens (including phenoxy) is 2. The first kappa shape index (κ1) is 19.9. The van der Waals surface area contributed by atoms with Crippen molar-refractivity contribution < 1.29 is 27.1 Å². The van der Waals surface area contributed by atoms with Gasteiger partial charge in [-0.3, -0.25) is 9.10 Å². The van der Waals surface area contributed by atoms with Gasteiger partial charge in [0.2, 0.25) is 10.0 Å². The highest BCUT2D eigenvalue weighted by Crippen LogP contribution is 2.35. The van der Waals surface area contributed by atoms with Gasteiger partial charge in [-0.25, -0.2) is 12.8 Å². The van der Waals surface area contributed by atoms with Gasteiger partial charge in [-0.1, -0.05) is 6.07 Å². The molecule has 7 nitrogen and oxygen atoms in total. The number of nitrogens with zero attached hydrogens (tertiary/aromatic N) is 1. The second-order valence-corrected chi connectivity index (χ2v) is 8.37. The molecule has 0 bridgehead atoms. The van der Waals surface area contributed by atoms with E-state index in [0.717, 1.165) is 11.8 Å². The van der Waals surface area contributed by atoms with Crippen LogP contribution in [0.25, 0.3) is 0 Å². The lowest BCUT2D eigenvalue weighted by Crippen LogP contribution is -2.51. The van der Waals surface area contributed by atoms with Crippen LogP contribution in [0.2, 0.25) is 0 Å². The second kappa shape index (κ2) is 8.05. The monoisotopic (exact) mass is 408 g/mol. The molecule has 2 aromatic rings. The first-order chi connectivity index (χ1) is 13.2. The Morgan fingerprint density at radius 1 is 1.29 bits per heavy atom. The van der Waals surface area contributed by atoms with Crippen LogP contribution in [-0.4, -0.2) is 46.4 Å². The van der Waals surface area contributed by atoms with E-state index >= 15 is 0 Å². The van der Waals surface area contributed by atoms with Crippen molar-refractivity contribution in [3.8, 4) is 11.5 Å². The third-order valence-electron chi connectivity index (χ3n) is 4.16. The number of hydrogen-bond acceptors (Lipinski definition) is 5. The molecule has 0 saturated carbocycles. The Morgan fingerprint density at radius 2 is 2.00 bits per heavy atom. The lowest BCUT2D eigenvalue weighted by Gasteiger charge is -2.34. The Bertz CT molecular complexity index is 963. The van der Waals surface area contributed by atoms with Crippen molar-refractivity contribution in [1.82, 2.24) is 5.32 Å². The number of nitrogens with one attached hydrogen (secondary N) is 1. The summed E-state index contributed by atoms with van der Waals surface area (Å²) in [5.41, 5.74) is 1.31. The number of amides is 1. The first-order valence-electron chi connectivity index (χ1n) is 8.65. The van der Waals surface area contributed by atoms with Gasteiger partial charge in [0.1, 0.15) is 23.9 Å². The van der Waals surface area contributed by atoms with E-state index in [1.165, 1.54) is 28.6 Å². The maximum atomic E-state index is 12.9. The number of fused-ring (bicyclic) bond motifs is 1. The minimum absolute atomic E-state index is 0.111. The van der Waals surface area contributed by atoms with Gasteiger partial charge in [0.25, 0.3) is 5.91 Å². The molecule has 2 aromatic carbocycles. The molecule has 9 heteroatoms. The predicted molar refractivity (Wildman–Crippen MR) is 103 cm³/mol. The van der Waals surface area contributed by atoms with Crippen LogP contribution in [0.4, 0.5) is 10.1 Å². The topological polar surface area (TPSA) is 84.9 Å². The number of sulfonamides is 1. The highest BCUT2D eigenvalue weighted by Gasteiger charge is 2.34. The fourth-order valence-electron chi connectivity index (χ4n) is 2.80. The Kier molecular flexibility index (Phi) is 5.73. The molecule has 0 unspecified atom stereocenters. The number of anilines is 1. The lowest BCUT2D eigenvalue weighted by molar-refractivity contribution is -0.127. The largest absolute Gasteiger partial charge is 0.492 e. The number of halogens is 1. The predicted octanol–water partition coefficient (Wildman–Crippen LogP) is 1.86. The molecule has 0 fully saturated rings. The summed E-state index contributed by atoms with van der Waals surface area (Å²) in [5.74, 6) is 0.0192. The van der Waals surface area contributed by atoms with Crippen molar-refractivity contribution in [2.75, 3.05) is 30.3 Å². The van der Waals surface area contributed by atoms with Crippen LogP contribution < -0.4 is 19.1 Å². The van der Waals surface area contributed by atoms with Crippen molar-refractivity contribution in [3.63, 3.8) is 0 Å². The first-order valence-corrected chi connectivity index (χ1v) is 10.5. The van der Waals surface area contributed by atoms with Crippen LogP contribution in [0.5, 0.6) is 11.5 Å². The average Bonchev–Trinajstić information content (AvgIpc) is 2.64. The summed E-state index contributed by atoms with van der Waals surface area (Å²) in [5, 5.41) is 2.66. The average molecular weight is 408 g/mol. The van der Waals surface area contributed by atoms with E-state index in [4.69, 9.17) is 9.47 Å². The third-order valence-corrected chi connectivity index (χ3v) is 5.31. The standard InChI is InChI=1S/C19H21FN2O5S/c1-13-3-8-17-16(11-13)22(28(2,24)25)12-18(27-17)19(23)21-9-10-26-15-6-4-14(20)5-7-15/h3-8,11,18H,9-10,12H2,1-2H3,(H,21,23)/t18-/m0/s1. The zero-order valence-corrected chi connectivity index (χ0v) is 16.3. The van der Waals surface area contributed by atoms with Gasteiger partial charge < -0.3 is 14.8 Å². The molecule has 28 heavy (non-hydrogen) atoms. The fourth-order valence-corrected chi connectivity index (χ4v) is 3.71. The summed E-state index contributed by atoms with van der Waals surface area (Å²) in [6.07, 6.45) is 0.117. The van der Waals surface area contributed by atoms with E-state index < -0.39 is 22.0 Å². The summed E-state index contributed by atoms with van der Waals surface area (Å²) >= 11 is 0. The summed E-state index contributed by atoms with van der Waals surface area (Å²) in [6.45, 7) is 2.10. The summed E-state index contributed by atoms with van der Waals surface area (Å²) in [4.78, 5) is 12.4. The maximum Gasteiger partial charge on any atom is 0.263 e. The minimum Gasteiger partial charge on any atom is -0.492 e. The van der Waals surface area contributed by atoms with Gasteiger partial charge in [0.05, 0.1) is 25.0 Å². The number of carbonyl (C=O) groups excluding carboxylic acids is 1. The Hall–Kier alpha value is -2.81. The van der Waals surface area contributed by atoms with Gasteiger partial charge in [-0.05, 0) is 48.9 Å². The molecule has 1 aliphatic rings. The molecular formula is C19H21FN2O5S. The zero-order chi connectivity index (χ0) is 20.3. The molecule has 0 aromatic heterocycles. The van der Waals surface area contributed by atoms with E-state index in [2.05, 4.69) is 5.32 Å². The van der Waals surface area contributed by atoms with Crippen LogP contribution in [0.15, 0.2) is 42.5 Å². The molecule has 1 heterocycles. The van der Waals surface area contributed by atoms with Crippen LogP contribution >= 0.6 is 0 Å². The van der Waals surface area contributed by atoms with Crippen molar-refractivity contribution >= 4 is 21.6 Å². The molecule has 1 N–H and O–H groups in total. The van der Waals surface area contributed by atoms with E-state index in [1.807, 2.05) is 6.92 Å². The molecule has 3 rings (SSSR count). The number of carbonyl (C=O) groups is 1. The molecule has 0 aliphatic carbocycles. The van der Waals surface area contributed by atoms with Crippen LogP contribution in [-0.2, 0) is 14.8 Å². The van der Waals surface area contributed by atoms with Gasteiger partial charge in [-0.2, -0.15) is 0 Å². The quantitative estimate of drug-likeness (QED) is 0.738. The summed E-state index contributed by atoms with van der Waals surface area (Å²) < 4.78 is 49.5.